The van der Waals surface area contributed by atoms with Crippen LogP contribution < -0.4 is 33.2 Å². The minimum Gasteiger partial charge on any atom is -0.480 e. The highest BCUT2D eigenvalue weighted by molar-refractivity contribution is 5.93. The Morgan fingerprint density at radius 2 is 1.63 bits per heavy atom. The summed E-state index contributed by atoms with van der Waals surface area (Å²) < 4.78 is 0. The van der Waals surface area contributed by atoms with Crippen molar-refractivity contribution in [2.24, 2.45) is 28.1 Å². The van der Waals surface area contributed by atoms with E-state index >= 15 is 0 Å². The molecule has 13 nitrogen and oxygen atoms in total. The molecule has 4 unspecified atom stereocenters. The Bertz CT molecular complexity index is 624. The number of aliphatic imine (C=N–C) groups is 1. The molecule has 0 bridgehead atoms. The van der Waals surface area contributed by atoms with Gasteiger partial charge in [-0.1, -0.05) is 20.3 Å². The van der Waals surface area contributed by atoms with Crippen LogP contribution in [-0.2, 0) is 19.2 Å². The first kappa shape index (κ1) is 27.1. The first-order chi connectivity index (χ1) is 14.0. The van der Waals surface area contributed by atoms with E-state index in [1.54, 1.807) is 6.92 Å². The number of aliphatic carboxylic acids is 1. The van der Waals surface area contributed by atoms with Crippen LogP contribution in [0.15, 0.2) is 4.99 Å². The van der Waals surface area contributed by atoms with Gasteiger partial charge >= 0.3 is 5.97 Å². The molecule has 0 fully saturated rings. The molecular formula is C17H33N7O6. The summed E-state index contributed by atoms with van der Waals surface area (Å²) in [5, 5.41) is 24.9. The van der Waals surface area contributed by atoms with Gasteiger partial charge in [0.25, 0.3) is 0 Å². The number of carboxylic acid groups (broad SMARTS) is 1. The van der Waals surface area contributed by atoms with E-state index in [0.717, 1.165) is 0 Å². The van der Waals surface area contributed by atoms with E-state index in [1.165, 1.54) is 0 Å². The number of guanidine groups is 1. The van der Waals surface area contributed by atoms with Gasteiger partial charge in [-0.2, -0.15) is 0 Å². The molecule has 0 aromatic rings. The lowest BCUT2D eigenvalue weighted by Crippen LogP contribution is -2.57. The molecular weight excluding hydrogens is 398 g/mol. The van der Waals surface area contributed by atoms with Crippen LogP contribution in [-0.4, -0.2) is 77.7 Å². The van der Waals surface area contributed by atoms with Crippen molar-refractivity contribution in [3.05, 3.63) is 0 Å². The second-order valence-corrected chi connectivity index (χ2v) is 6.78. The summed E-state index contributed by atoms with van der Waals surface area (Å²) in [5.74, 6) is -3.68. The molecule has 0 spiro atoms. The lowest BCUT2D eigenvalue weighted by atomic mass is 9.98. The monoisotopic (exact) mass is 431 g/mol. The van der Waals surface area contributed by atoms with Crippen LogP contribution in [0, 0.1) is 5.92 Å². The summed E-state index contributed by atoms with van der Waals surface area (Å²) in [7, 11) is 0. The lowest BCUT2D eigenvalue weighted by molar-refractivity contribution is -0.139. The Kier molecular flexibility index (Phi) is 12.7. The fourth-order valence-corrected chi connectivity index (χ4v) is 2.31. The summed E-state index contributed by atoms with van der Waals surface area (Å²) >= 11 is 0. The van der Waals surface area contributed by atoms with Crippen molar-refractivity contribution in [3.8, 4) is 0 Å². The van der Waals surface area contributed by atoms with Gasteiger partial charge in [0.1, 0.15) is 18.6 Å². The maximum absolute atomic E-state index is 12.6. The van der Waals surface area contributed by atoms with Crippen molar-refractivity contribution in [2.45, 2.75) is 51.2 Å². The molecule has 3 amide bonds. The minimum absolute atomic E-state index is 0.116. The number of nitrogens with two attached hydrogens (primary N) is 3. The summed E-state index contributed by atoms with van der Waals surface area (Å²) in [6, 6.07) is -3.30. The van der Waals surface area contributed by atoms with Gasteiger partial charge in [0.05, 0.1) is 12.6 Å². The quantitative estimate of drug-likeness (QED) is 0.0775. The van der Waals surface area contributed by atoms with E-state index in [9.17, 15) is 24.3 Å². The van der Waals surface area contributed by atoms with Gasteiger partial charge in [0.2, 0.25) is 17.7 Å². The summed E-state index contributed by atoms with van der Waals surface area (Å²) in [5.41, 5.74) is 16.4. The molecule has 30 heavy (non-hydrogen) atoms. The zero-order valence-electron chi connectivity index (χ0n) is 17.3. The predicted octanol–water partition coefficient (Wildman–Crippen LogP) is -3.42. The van der Waals surface area contributed by atoms with Crippen LogP contribution in [0.3, 0.4) is 0 Å². The third-order valence-electron chi connectivity index (χ3n) is 4.37. The van der Waals surface area contributed by atoms with Gasteiger partial charge in [-0.05, 0) is 18.8 Å². The number of aliphatic hydroxyl groups is 1. The van der Waals surface area contributed by atoms with Crippen LogP contribution in [0.5, 0.6) is 0 Å². The topological polar surface area (TPSA) is 235 Å². The second kappa shape index (κ2) is 14.1. The number of carbonyl (C=O) groups is 4. The van der Waals surface area contributed by atoms with Crippen molar-refractivity contribution in [3.63, 3.8) is 0 Å². The van der Waals surface area contributed by atoms with Crippen molar-refractivity contribution in [2.75, 3.05) is 19.7 Å². The second-order valence-electron chi connectivity index (χ2n) is 6.78. The van der Waals surface area contributed by atoms with Gasteiger partial charge in [-0.3, -0.25) is 24.2 Å². The summed E-state index contributed by atoms with van der Waals surface area (Å²) in [4.78, 5) is 51.3. The van der Waals surface area contributed by atoms with Gasteiger partial charge in [-0.25, -0.2) is 0 Å². The van der Waals surface area contributed by atoms with Crippen LogP contribution in [0.1, 0.15) is 33.1 Å². The number of nitrogens with zero attached hydrogens (tertiary/aromatic N) is 1. The van der Waals surface area contributed by atoms with Gasteiger partial charge in [-0.15, -0.1) is 0 Å². The minimum atomic E-state index is -1.39. The molecule has 0 heterocycles. The SMILES string of the molecule is CCC(C)C(N)C(=O)NC(CCCN=C(N)N)C(=O)NC(CO)C(=O)NCC(=O)O. The molecule has 4 atom stereocenters. The number of carboxylic acids is 1. The largest absolute Gasteiger partial charge is 0.480 e. The standard InChI is InChI=1S/C17H33N7O6/c1-3-9(2)13(18)16(30)23-10(5-4-6-21-17(19)20)15(29)24-11(8-25)14(28)22-7-12(26)27/h9-11,13,25H,3-8,18H2,1-2H3,(H,22,28)(H,23,30)(H,24,29)(H,26,27)(H4,19,20,21). The molecule has 0 aromatic heterocycles. The van der Waals surface area contributed by atoms with E-state index in [1.807, 2.05) is 6.92 Å². The third kappa shape index (κ3) is 10.6. The maximum atomic E-state index is 12.6. The van der Waals surface area contributed by atoms with Crippen molar-refractivity contribution in [1.29, 1.82) is 0 Å². The van der Waals surface area contributed by atoms with Crippen molar-refractivity contribution < 1.29 is 29.4 Å². The molecule has 0 aliphatic heterocycles. The molecule has 0 saturated heterocycles. The average Bonchev–Trinajstić information content (AvgIpc) is 2.70. The van der Waals surface area contributed by atoms with Gasteiger partial charge in [0, 0.05) is 6.54 Å². The van der Waals surface area contributed by atoms with Crippen LogP contribution in [0.25, 0.3) is 0 Å². The molecule has 0 radical (unpaired) electrons. The zero-order valence-corrected chi connectivity index (χ0v) is 17.3. The number of carbonyl (C=O) groups excluding carboxylic acids is 3. The predicted molar refractivity (Wildman–Crippen MR) is 109 cm³/mol. The highest BCUT2D eigenvalue weighted by Gasteiger charge is 2.28. The normalized spacial score (nSPS) is 14.5. The summed E-state index contributed by atoms with van der Waals surface area (Å²) in [6.07, 6.45) is 1.13. The highest BCUT2D eigenvalue weighted by Crippen LogP contribution is 2.07. The first-order valence-corrected chi connectivity index (χ1v) is 9.55. The summed E-state index contributed by atoms with van der Waals surface area (Å²) in [6.45, 7) is 2.44. The Hall–Kier alpha value is -2.93. The Morgan fingerprint density at radius 1 is 1.03 bits per heavy atom. The number of hydrogen-bond acceptors (Lipinski definition) is 7. The van der Waals surface area contributed by atoms with Crippen molar-refractivity contribution in [1.82, 2.24) is 16.0 Å². The fourth-order valence-electron chi connectivity index (χ4n) is 2.31. The van der Waals surface area contributed by atoms with E-state index in [0.29, 0.717) is 12.8 Å². The molecule has 172 valence electrons. The van der Waals surface area contributed by atoms with Crippen molar-refractivity contribution >= 4 is 29.7 Å². The van der Waals surface area contributed by atoms with E-state index in [4.69, 9.17) is 22.3 Å². The van der Waals surface area contributed by atoms with Gasteiger partial charge in [0.15, 0.2) is 5.96 Å². The smallest absolute Gasteiger partial charge is 0.322 e. The van der Waals surface area contributed by atoms with Crippen LogP contribution in [0.2, 0.25) is 0 Å². The van der Waals surface area contributed by atoms with E-state index in [-0.39, 0.29) is 24.8 Å². The fraction of sp³-hybridized carbons (Fsp3) is 0.706. The molecule has 13 heteroatoms. The molecule has 11 N–H and O–H groups in total. The van der Waals surface area contributed by atoms with Crippen LogP contribution in [0.4, 0.5) is 0 Å². The molecule has 0 aliphatic rings. The molecule has 0 saturated carbocycles. The lowest BCUT2D eigenvalue weighted by Gasteiger charge is -2.24. The maximum Gasteiger partial charge on any atom is 0.322 e. The Labute approximate surface area is 174 Å². The zero-order chi connectivity index (χ0) is 23.3. The van der Waals surface area contributed by atoms with Gasteiger partial charge < -0.3 is 43.4 Å². The number of nitrogens with one attached hydrogen (secondary N) is 3. The number of amides is 3. The van der Waals surface area contributed by atoms with E-state index in [2.05, 4.69) is 20.9 Å². The third-order valence-corrected chi connectivity index (χ3v) is 4.37. The number of rotatable bonds is 14. The molecule has 0 aromatic carbocycles. The number of hydrogen-bond donors (Lipinski definition) is 8. The Balaban J connectivity index is 5.17. The van der Waals surface area contributed by atoms with E-state index < -0.39 is 55.0 Å². The number of aliphatic hydroxyl groups excluding tert-OH is 1. The molecule has 0 rings (SSSR count). The Morgan fingerprint density at radius 3 is 2.13 bits per heavy atom. The molecule has 0 aliphatic carbocycles. The highest BCUT2D eigenvalue weighted by atomic mass is 16.4. The first-order valence-electron chi connectivity index (χ1n) is 9.55. The average molecular weight is 431 g/mol. The van der Waals surface area contributed by atoms with Crippen LogP contribution >= 0.6 is 0 Å².